The number of carboxylic acids is 1. The lowest BCUT2D eigenvalue weighted by molar-refractivity contribution is 0.0689. The highest BCUT2D eigenvalue weighted by molar-refractivity contribution is 5.85. The van der Waals surface area contributed by atoms with Gasteiger partial charge in [-0.15, -0.1) is 12.4 Å². The van der Waals surface area contributed by atoms with Crippen LogP contribution >= 0.6 is 12.4 Å². The number of methoxy groups -OCH3 is 1. The minimum Gasteiger partial charge on any atom is -0.481 e. The summed E-state index contributed by atoms with van der Waals surface area (Å²) in [6.45, 7) is 0. The van der Waals surface area contributed by atoms with Crippen molar-refractivity contribution in [2.75, 3.05) is 7.11 Å². The summed E-state index contributed by atoms with van der Waals surface area (Å²) in [6.07, 6.45) is 0. The van der Waals surface area contributed by atoms with E-state index in [0.29, 0.717) is 5.88 Å². The molecule has 0 unspecified atom stereocenters. The van der Waals surface area contributed by atoms with Crippen molar-refractivity contribution >= 4 is 18.4 Å². The number of rotatable bonds is 2. The fraction of sp³-hybridized carbons (Fsp3) is 0.143. The van der Waals surface area contributed by atoms with Gasteiger partial charge >= 0.3 is 5.97 Å². The maximum absolute atomic E-state index is 10.4. The van der Waals surface area contributed by atoms with Gasteiger partial charge in [0.25, 0.3) is 0 Å². The fourth-order valence-corrected chi connectivity index (χ4v) is 0.648. The Kier molecular flexibility index (Phi) is 4.07. The molecule has 66 valence electrons. The zero-order valence-electron chi connectivity index (χ0n) is 6.35. The van der Waals surface area contributed by atoms with Crippen LogP contribution in [0, 0.1) is 0 Å². The highest BCUT2D eigenvalue weighted by Gasteiger charge is 2.03. The van der Waals surface area contributed by atoms with E-state index in [-0.39, 0.29) is 18.1 Å². The van der Waals surface area contributed by atoms with Gasteiger partial charge in [-0.05, 0) is 6.07 Å². The minimum atomic E-state index is -1.05. The van der Waals surface area contributed by atoms with Gasteiger partial charge in [0.15, 0.2) is 5.69 Å². The molecule has 12 heavy (non-hydrogen) atoms. The Morgan fingerprint density at radius 2 is 2.25 bits per heavy atom. The average Bonchev–Trinajstić information content (AvgIpc) is 2.05. The normalized spacial score (nSPS) is 8.42. The Bertz CT molecular complexity index is 277. The van der Waals surface area contributed by atoms with E-state index in [1.54, 1.807) is 12.1 Å². The molecule has 1 heterocycles. The summed E-state index contributed by atoms with van der Waals surface area (Å²) in [6, 6.07) is 4.58. The van der Waals surface area contributed by atoms with Crippen molar-refractivity contribution in [2.24, 2.45) is 0 Å². The molecule has 0 aliphatic heterocycles. The molecule has 1 N–H and O–H groups in total. The Hall–Kier alpha value is -1.29. The molecule has 1 aromatic rings. The van der Waals surface area contributed by atoms with Gasteiger partial charge in [-0.2, -0.15) is 0 Å². The summed E-state index contributed by atoms with van der Waals surface area (Å²) in [5.41, 5.74) is -0.00986. The van der Waals surface area contributed by atoms with Crippen LogP contribution in [0.3, 0.4) is 0 Å². The molecule has 1 aromatic heterocycles. The van der Waals surface area contributed by atoms with Crippen LogP contribution in [0.5, 0.6) is 5.88 Å². The number of hydrogen-bond acceptors (Lipinski definition) is 3. The molecule has 0 aromatic carbocycles. The van der Waals surface area contributed by atoms with E-state index in [2.05, 4.69) is 4.98 Å². The number of hydrogen-bond donors (Lipinski definition) is 1. The van der Waals surface area contributed by atoms with Gasteiger partial charge in [0.2, 0.25) is 5.88 Å². The molecule has 5 heteroatoms. The first-order valence-electron chi connectivity index (χ1n) is 2.98. The summed E-state index contributed by atoms with van der Waals surface area (Å²) >= 11 is 0. The molecule has 0 amide bonds. The SMILES string of the molecule is COc1cccc(C(=O)O)n1.Cl. The minimum absolute atomic E-state index is 0. The lowest BCUT2D eigenvalue weighted by Gasteiger charge is -1.97. The van der Waals surface area contributed by atoms with Crippen LogP contribution in [0.25, 0.3) is 0 Å². The quantitative estimate of drug-likeness (QED) is 0.760. The van der Waals surface area contributed by atoms with Gasteiger partial charge in [0.1, 0.15) is 0 Å². The Balaban J connectivity index is 0.00000121. The second-order valence-corrected chi connectivity index (χ2v) is 1.87. The molecule has 0 spiro atoms. The number of aromatic nitrogens is 1. The molecule has 0 saturated carbocycles. The zero-order valence-corrected chi connectivity index (χ0v) is 7.17. The molecule has 4 nitrogen and oxygen atoms in total. The van der Waals surface area contributed by atoms with Crippen molar-refractivity contribution in [2.45, 2.75) is 0 Å². The van der Waals surface area contributed by atoms with Gasteiger partial charge in [-0.1, -0.05) is 6.07 Å². The number of halogens is 1. The number of pyridine rings is 1. The first-order chi connectivity index (χ1) is 5.24. The van der Waals surface area contributed by atoms with Crippen molar-refractivity contribution in [3.8, 4) is 5.88 Å². The summed E-state index contributed by atoms with van der Waals surface area (Å²) < 4.78 is 4.73. The Morgan fingerprint density at radius 3 is 2.75 bits per heavy atom. The number of ether oxygens (including phenoxy) is 1. The standard InChI is InChI=1S/C7H7NO3.ClH/c1-11-6-4-2-3-5(8-6)7(9)10;/h2-4H,1H3,(H,9,10);1H. The summed E-state index contributed by atoms with van der Waals surface area (Å²) in [5.74, 6) is -0.742. The van der Waals surface area contributed by atoms with Crippen LogP contribution in [0.2, 0.25) is 0 Å². The van der Waals surface area contributed by atoms with Gasteiger partial charge in [0, 0.05) is 6.07 Å². The van der Waals surface area contributed by atoms with E-state index in [1.165, 1.54) is 13.2 Å². The van der Waals surface area contributed by atoms with Crippen LogP contribution in [-0.4, -0.2) is 23.2 Å². The molecule has 0 radical (unpaired) electrons. The summed E-state index contributed by atoms with van der Waals surface area (Å²) in [4.78, 5) is 14.0. The van der Waals surface area contributed by atoms with E-state index < -0.39 is 5.97 Å². The number of aromatic carboxylic acids is 1. The van der Waals surface area contributed by atoms with Crippen LogP contribution < -0.4 is 4.74 Å². The first-order valence-corrected chi connectivity index (χ1v) is 2.98. The molecule has 0 saturated heterocycles. The highest BCUT2D eigenvalue weighted by atomic mass is 35.5. The molecule has 1 rings (SSSR count). The largest absolute Gasteiger partial charge is 0.481 e. The maximum atomic E-state index is 10.4. The molecular formula is C7H8ClNO3. The lowest BCUT2D eigenvalue weighted by atomic mass is 10.3. The van der Waals surface area contributed by atoms with Crippen LogP contribution in [0.1, 0.15) is 10.5 Å². The molecule has 0 aliphatic rings. The average molecular weight is 190 g/mol. The first kappa shape index (κ1) is 10.7. The molecule has 0 fully saturated rings. The Morgan fingerprint density at radius 1 is 1.58 bits per heavy atom. The van der Waals surface area contributed by atoms with Crippen molar-refractivity contribution < 1.29 is 14.6 Å². The van der Waals surface area contributed by atoms with Crippen molar-refractivity contribution in [1.29, 1.82) is 0 Å². The van der Waals surface area contributed by atoms with E-state index in [1.807, 2.05) is 0 Å². The lowest BCUT2D eigenvalue weighted by Crippen LogP contribution is -2.00. The van der Waals surface area contributed by atoms with E-state index in [9.17, 15) is 4.79 Å². The van der Waals surface area contributed by atoms with Crippen molar-refractivity contribution in [3.63, 3.8) is 0 Å². The van der Waals surface area contributed by atoms with Crippen molar-refractivity contribution in [1.82, 2.24) is 4.98 Å². The third-order valence-corrected chi connectivity index (χ3v) is 1.15. The van der Waals surface area contributed by atoms with Gasteiger partial charge < -0.3 is 9.84 Å². The molecule has 0 bridgehead atoms. The van der Waals surface area contributed by atoms with Gasteiger partial charge in [-0.3, -0.25) is 0 Å². The summed E-state index contributed by atoms with van der Waals surface area (Å²) in [7, 11) is 1.44. The maximum Gasteiger partial charge on any atom is 0.354 e. The smallest absolute Gasteiger partial charge is 0.354 e. The summed E-state index contributed by atoms with van der Waals surface area (Å²) in [5, 5.41) is 8.49. The number of nitrogens with zero attached hydrogens (tertiary/aromatic N) is 1. The van der Waals surface area contributed by atoms with Gasteiger partial charge in [-0.25, -0.2) is 9.78 Å². The zero-order chi connectivity index (χ0) is 8.27. The van der Waals surface area contributed by atoms with E-state index in [4.69, 9.17) is 9.84 Å². The second-order valence-electron chi connectivity index (χ2n) is 1.87. The van der Waals surface area contributed by atoms with Gasteiger partial charge in [0.05, 0.1) is 7.11 Å². The molecule has 0 atom stereocenters. The molecule has 0 aliphatic carbocycles. The predicted octanol–water partition coefficient (Wildman–Crippen LogP) is 1.21. The fourth-order valence-electron chi connectivity index (χ4n) is 0.648. The Labute approximate surface area is 75.6 Å². The number of carboxylic acid groups (broad SMARTS) is 1. The number of carbonyl (C=O) groups is 1. The van der Waals surface area contributed by atoms with Crippen molar-refractivity contribution in [3.05, 3.63) is 23.9 Å². The van der Waals surface area contributed by atoms with E-state index in [0.717, 1.165) is 0 Å². The molecular weight excluding hydrogens is 182 g/mol. The second kappa shape index (κ2) is 4.56. The highest BCUT2D eigenvalue weighted by Crippen LogP contribution is 2.05. The third-order valence-electron chi connectivity index (χ3n) is 1.15. The predicted molar refractivity (Wildman–Crippen MR) is 45.0 cm³/mol. The van der Waals surface area contributed by atoms with E-state index >= 15 is 0 Å². The third kappa shape index (κ3) is 2.39. The topological polar surface area (TPSA) is 59.4 Å². The van der Waals surface area contributed by atoms with Crippen LogP contribution in [-0.2, 0) is 0 Å². The monoisotopic (exact) mass is 189 g/mol. The van der Waals surface area contributed by atoms with Crippen LogP contribution in [0.4, 0.5) is 0 Å². The van der Waals surface area contributed by atoms with Crippen LogP contribution in [0.15, 0.2) is 18.2 Å².